The summed E-state index contributed by atoms with van der Waals surface area (Å²) in [7, 11) is 3.82. The minimum Gasteiger partial charge on any atom is -0.383 e. The summed E-state index contributed by atoms with van der Waals surface area (Å²) >= 11 is 6.95. The zero-order valence-electron chi connectivity index (χ0n) is 7.02. The summed E-state index contributed by atoms with van der Waals surface area (Å²) < 4.78 is 4.96. The monoisotopic (exact) mass is 287 g/mol. The second kappa shape index (κ2) is 7.53. The highest BCUT2D eigenvalue weighted by Crippen LogP contribution is 2.04. The van der Waals surface area contributed by atoms with Gasteiger partial charge in [0.2, 0.25) is 0 Å². The average Bonchev–Trinajstić information content (AvgIpc) is 2.00. The van der Waals surface area contributed by atoms with Crippen molar-refractivity contribution in [3.05, 3.63) is 0 Å². The molecule has 0 rings (SSSR count). The molecule has 0 saturated heterocycles. The van der Waals surface area contributed by atoms with E-state index in [0.29, 0.717) is 4.83 Å². The van der Waals surface area contributed by atoms with E-state index < -0.39 is 0 Å². The molecule has 0 aliphatic heterocycles. The van der Waals surface area contributed by atoms with E-state index in [4.69, 9.17) is 4.74 Å². The second-order valence-corrected chi connectivity index (χ2v) is 4.45. The Morgan fingerprint density at radius 2 is 2.18 bits per heavy atom. The van der Waals surface area contributed by atoms with E-state index >= 15 is 0 Å². The Kier molecular flexibility index (Phi) is 8.13. The Labute approximate surface area is 85.5 Å². The van der Waals surface area contributed by atoms with Crippen molar-refractivity contribution in [3.8, 4) is 0 Å². The fourth-order valence-corrected chi connectivity index (χ4v) is 1.42. The van der Waals surface area contributed by atoms with E-state index in [1.807, 2.05) is 0 Å². The first-order chi connectivity index (χ1) is 5.20. The molecule has 4 heteroatoms. The largest absolute Gasteiger partial charge is 0.383 e. The number of methoxy groups -OCH3 is 1. The van der Waals surface area contributed by atoms with Gasteiger partial charge >= 0.3 is 0 Å². The van der Waals surface area contributed by atoms with Crippen LogP contribution in [0.25, 0.3) is 0 Å². The first-order valence-corrected chi connectivity index (χ1v) is 5.62. The third-order valence-corrected chi connectivity index (χ3v) is 3.62. The third-order valence-electron chi connectivity index (χ3n) is 1.35. The van der Waals surface area contributed by atoms with Gasteiger partial charge in [0.05, 0.1) is 6.61 Å². The molecule has 0 heterocycles. The van der Waals surface area contributed by atoms with E-state index in [0.717, 1.165) is 25.0 Å². The molecule has 0 radical (unpaired) electrons. The molecule has 2 nitrogen and oxygen atoms in total. The fourth-order valence-electron chi connectivity index (χ4n) is 0.725. The number of hydrogen-bond acceptors (Lipinski definition) is 2. The second-order valence-electron chi connectivity index (χ2n) is 2.51. The van der Waals surface area contributed by atoms with Gasteiger partial charge in [0.25, 0.3) is 0 Å². The zero-order chi connectivity index (χ0) is 8.69. The van der Waals surface area contributed by atoms with Crippen molar-refractivity contribution in [1.82, 2.24) is 4.90 Å². The first kappa shape index (κ1) is 11.9. The molecule has 0 fully saturated rings. The van der Waals surface area contributed by atoms with E-state index in [9.17, 15) is 0 Å². The molecular formula is C7H15Br2NO. The highest BCUT2D eigenvalue weighted by Gasteiger charge is 2.05. The maximum Gasteiger partial charge on any atom is 0.0589 e. The van der Waals surface area contributed by atoms with Crippen molar-refractivity contribution in [2.24, 2.45) is 0 Å². The van der Waals surface area contributed by atoms with E-state index in [1.54, 1.807) is 7.11 Å². The van der Waals surface area contributed by atoms with E-state index in [1.165, 1.54) is 0 Å². The van der Waals surface area contributed by atoms with Crippen LogP contribution < -0.4 is 0 Å². The zero-order valence-corrected chi connectivity index (χ0v) is 10.2. The molecule has 0 aliphatic rings. The van der Waals surface area contributed by atoms with Crippen LogP contribution in [0, 0.1) is 0 Å². The average molecular weight is 289 g/mol. The molecule has 0 amide bonds. The minimum atomic E-state index is 0.532. The van der Waals surface area contributed by atoms with Crippen LogP contribution in [0.15, 0.2) is 0 Å². The van der Waals surface area contributed by atoms with Crippen LogP contribution in [0.2, 0.25) is 0 Å². The molecule has 0 N–H and O–H groups in total. The maximum absolute atomic E-state index is 4.96. The Bertz CT molecular complexity index is 92.5. The Hall–Kier alpha value is 0.880. The van der Waals surface area contributed by atoms with Gasteiger partial charge in [-0.1, -0.05) is 31.9 Å². The topological polar surface area (TPSA) is 12.5 Å². The van der Waals surface area contributed by atoms with Gasteiger partial charge in [-0.3, -0.25) is 0 Å². The van der Waals surface area contributed by atoms with Crippen LogP contribution in [0.3, 0.4) is 0 Å². The van der Waals surface area contributed by atoms with E-state index in [2.05, 4.69) is 43.8 Å². The quantitative estimate of drug-likeness (QED) is 0.690. The standard InChI is InChI=1S/C7H15Br2NO/c1-10(3-4-11-2)6-7(9)5-8/h7H,3-6H2,1-2H3. The summed E-state index contributed by atoms with van der Waals surface area (Å²) in [6, 6.07) is 0. The van der Waals surface area contributed by atoms with Crippen LogP contribution in [0.1, 0.15) is 0 Å². The lowest BCUT2D eigenvalue weighted by Gasteiger charge is -2.18. The third kappa shape index (κ3) is 7.25. The maximum atomic E-state index is 4.96. The van der Waals surface area contributed by atoms with Crippen LogP contribution in [-0.2, 0) is 4.74 Å². The molecule has 1 atom stereocenters. The Balaban J connectivity index is 3.27. The van der Waals surface area contributed by atoms with Crippen molar-refractivity contribution in [1.29, 1.82) is 0 Å². The molecule has 0 aromatic carbocycles. The summed E-state index contributed by atoms with van der Waals surface area (Å²) in [5.74, 6) is 0. The van der Waals surface area contributed by atoms with Gasteiger partial charge in [-0.2, -0.15) is 0 Å². The van der Waals surface area contributed by atoms with Gasteiger partial charge in [-0.25, -0.2) is 0 Å². The molecule has 0 spiro atoms. The van der Waals surface area contributed by atoms with Crippen LogP contribution in [0.4, 0.5) is 0 Å². The SMILES string of the molecule is COCCN(C)CC(Br)CBr. The number of hydrogen-bond donors (Lipinski definition) is 0. The molecule has 0 aromatic rings. The number of nitrogens with zero attached hydrogens (tertiary/aromatic N) is 1. The number of likely N-dealkylation sites (N-methyl/N-ethyl adjacent to an activating group) is 1. The normalized spacial score (nSPS) is 13.9. The molecule has 0 aliphatic carbocycles. The predicted octanol–water partition coefficient (Wildman–Crippen LogP) is 1.72. The van der Waals surface area contributed by atoms with Crippen molar-refractivity contribution < 1.29 is 4.74 Å². The molecular weight excluding hydrogens is 274 g/mol. The first-order valence-electron chi connectivity index (χ1n) is 3.58. The Morgan fingerprint density at radius 3 is 2.64 bits per heavy atom. The number of ether oxygens (including phenoxy) is 1. The minimum absolute atomic E-state index is 0.532. The molecule has 1 unspecified atom stereocenters. The van der Waals surface area contributed by atoms with E-state index in [-0.39, 0.29) is 0 Å². The van der Waals surface area contributed by atoms with Crippen LogP contribution >= 0.6 is 31.9 Å². The highest BCUT2D eigenvalue weighted by atomic mass is 79.9. The van der Waals surface area contributed by atoms with Crippen molar-refractivity contribution >= 4 is 31.9 Å². The molecule has 0 aromatic heterocycles. The molecule has 0 saturated carbocycles. The van der Waals surface area contributed by atoms with Crippen LogP contribution in [-0.4, -0.2) is 48.9 Å². The smallest absolute Gasteiger partial charge is 0.0589 e. The van der Waals surface area contributed by atoms with Crippen molar-refractivity contribution in [2.45, 2.75) is 4.83 Å². The van der Waals surface area contributed by atoms with Gasteiger partial charge in [0, 0.05) is 30.4 Å². The van der Waals surface area contributed by atoms with Crippen molar-refractivity contribution in [2.75, 3.05) is 39.2 Å². The van der Waals surface area contributed by atoms with Gasteiger partial charge in [0.1, 0.15) is 0 Å². The summed E-state index contributed by atoms with van der Waals surface area (Å²) in [5, 5.41) is 0.990. The number of halogens is 2. The summed E-state index contributed by atoms with van der Waals surface area (Å²) in [5.41, 5.74) is 0. The fraction of sp³-hybridized carbons (Fsp3) is 1.00. The lowest BCUT2D eigenvalue weighted by molar-refractivity contribution is 0.162. The van der Waals surface area contributed by atoms with Gasteiger partial charge < -0.3 is 9.64 Å². The van der Waals surface area contributed by atoms with Gasteiger partial charge in [-0.05, 0) is 7.05 Å². The lowest BCUT2D eigenvalue weighted by Crippen LogP contribution is -2.29. The lowest BCUT2D eigenvalue weighted by atomic mass is 10.4. The number of rotatable bonds is 6. The van der Waals surface area contributed by atoms with Crippen LogP contribution in [0.5, 0.6) is 0 Å². The predicted molar refractivity (Wildman–Crippen MR) is 55.9 cm³/mol. The summed E-state index contributed by atoms with van der Waals surface area (Å²) in [4.78, 5) is 2.77. The van der Waals surface area contributed by atoms with Gasteiger partial charge in [0.15, 0.2) is 0 Å². The molecule has 11 heavy (non-hydrogen) atoms. The summed E-state index contributed by atoms with van der Waals surface area (Å²) in [6.07, 6.45) is 0. The molecule has 68 valence electrons. The van der Waals surface area contributed by atoms with Gasteiger partial charge in [-0.15, -0.1) is 0 Å². The van der Waals surface area contributed by atoms with Crippen molar-refractivity contribution in [3.63, 3.8) is 0 Å². The Morgan fingerprint density at radius 1 is 1.55 bits per heavy atom. The highest BCUT2D eigenvalue weighted by molar-refractivity contribution is 9.12. The number of alkyl halides is 2. The molecule has 0 bridgehead atoms. The summed E-state index contributed by atoms with van der Waals surface area (Å²) in [6.45, 7) is 2.85.